The molecule has 1 N–H and O–H groups in total. The van der Waals surface area contributed by atoms with Crippen molar-refractivity contribution in [2.75, 3.05) is 24.5 Å². The van der Waals surface area contributed by atoms with Crippen LogP contribution in [0.4, 0.5) is 10.5 Å². The van der Waals surface area contributed by atoms with E-state index in [1.165, 1.54) is 6.07 Å². The predicted molar refractivity (Wildman–Crippen MR) is 119 cm³/mol. The Kier molecular flexibility index (Phi) is 7.49. The number of anilines is 1. The molecular weight excluding hydrogens is 380 g/mol. The summed E-state index contributed by atoms with van der Waals surface area (Å²) < 4.78 is 10.6. The van der Waals surface area contributed by atoms with Crippen molar-refractivity contribution in [2.45, 2.75) is 33.3 Å². The van der Waals surface area contributed by atoms with Gasteiger partial charge in [0.2, 0.25) is 0 Å². The van der Waals surface area contributed by atoms with Crippen molar-refractivity contribution in [3.8, 4) is 0 Å². The first-order valence-electron chi connectivity index (χ1n) is 10.4. The van der Waals surface area contributed by atoms with Crippen LogP contribution in [0.1, 0.15) is 31.4 Å². The fourth-order valence-electron chi connectivity index (χ4n) is 3.45. The fourth-order valence-corrected chi connectivity index (χ4v) is 3.45. The number of aryl methyl sites for hydroxylation is 1. The van der Waals surface area contributed by atoms with Crippen LogP contribution in [0.25, 0.3) is 11.0 Å². The number of alkyl carbamates (subject to hydrolysis) is 1. The molecular formula is C24H28N2O4. The van der Waals surface area contributed by atoms with E-state index in [9.17, 15) is 9.59 Å². The van der Waals surface area contributed by atoms with E-state index in [4.69, 9.17) is 9.15 Å². The average molecular weight is 408 g/mol. The summed E-state index contributed by atoms with van der Waals surface area (Å²) in [6, 6.07) is 17.1. The van der Waals surface area contributed by atoms with Gasteiger partial charge in [-0.05, 0) is 49.9 Å². The molecule has 0 aliphatic carbocycles. The maximum Gasteiger partial charge on any atom is 0.407 e. The molecule has 0 radical (unpaired) electrons. The van der Waals surface area contributed by atoms with Crippen molar-refractivity contribution in [3.05, 3.63) is 76.1 Å². The predicted octanol–water partition coefficient (Wildman–Crippen LogP) is 4.50. The van der Waals surface area contributed by atoms with E-state index in [1.807, 2.05) is 42.5 Å². The number of benzene rings is 2. The van der Waals surface area contributed by atoms with E-state index in [-0.39, 0.29) is 12.2 Å². The summed E-state index contributed by atoms with van der Waals surface area (Å²) in [6.45, 7) is 6.67. The van der Waals surface area contributed by atoms with Crippen molar-refractivity contribution in [3.63, 3.8) is 0 Å². The van der Waals surface area contributed by atoms with Gasteiger partial charge in [-0.25, -0.2) is 9.59 Å². The molecule has 1 heterocycles. The van der Waals surface area contributed by atoms with Crippen molar-refractivity contribution >= 4 is 22.7 Å². The molecule has 0 unspecified atom stereocenters. The first-order valence-corrected chi connectivity index (χ1v) is 10.4. The summed E-state index contributed by atoms with van der Waals surface area (Å²) in [5.41, 5.74) is 3.14. The number of nitrogens with one attached hydrogen (secondary N) is 1. The maximum atomic E-state index is 12.0. The molecule has 0 saturated carbocycles. The number of rotatable bonds is 9. The molecule has 6 nitrogen and oxygen atoms in total. The van der Waals surface area contributed by atoms with Crippen molar-refractivity contribution in [1.82, 2.24) is 5.32 Å². The normalized spacial score (nSPS) is 10.7. The maximum absolute atomic E-state index is 12.0. The Morgan fingerprint density at radius 3 is 2.57 bits per heavy atom. The third-order valence-electron chi connectivity index (χ3n) is 5.05. The lowest BCUT2D eigenvalue weighted by atomic mass is 10.0. The average Bonchev–Trinajstić information content (AvgIpc) is 2.76. The second kappa shape index (κ2) is 10.5. The molecule has 0 fully saturated rings. The molecule has 158 valence electrons. The Hall–Kier alpha value is -3.28. The monoisotopic (exact) mass is 408 g/mol. The van der Waals surface area contributed by atoms with Crippen LogP contribution in [0.3, 0.4) is 0 Å². The minimum absolute atomic E-state index is 0.242. The van der Waals surface area contributed by atoms with Crippen LogP contribution >= 0.6 is 0 Å². The third-order valence-corrected chi connectivity index (χ3v) is 5.05. The van der Waals surface area contributed by atoms with Gasteiger partial charge in [-0.3, -0.25) is 0 Å². The highest BCUT2D eigenvalue weighted by Gasteiger charge is 2.10. The summed E-state index contributed by atoms with van der Waals surface area (Å²) in [6.07, 6.45) is 0.905. The number of fused-ring (bicyclic) bond motifs is 1. The Bertz CT molecular complexity index is 1030. The zero-order chi connectivity index (χ0) is 21.3. The summed E-state index contributed by atoms with van der Waals surface area (Å²) >= 11 is 0. The standard InChI is InChI=1S/C24H28N2O4/c1-3-26(4-2)20-12-13-21-19(15-23(27)30-22(21)16-20)11-8-14-25-24(28)29-17-18-9-6-5-7-10-18/h5-7,9-10,12-13,15-16H,3-4,8,11,14,17H2,1-2H3,(H,25,28). The number of carbonyl (C=O) groups is 1. The van der Waals surface area contributed by atoms with Gasteiger partial charge >= 0.3 is 11.7 Å². The van der Waals surface area contributed by atoms with Crippen molar-refractivity contribution < 1.29 is 13.9 Å². The van der Waals surface area contributed by atoms with E-state index in [0.29, 0.717) is 25.0 Å². The second-order valence-corrected chi connectivity index (χ2v) is 7.04. The van der Waals surface area contributed by atoms with Gasteiger partial charge in [0, 0.05) is 42.8 Å². The van der Waals surface area contributed by atoms with Gasteiger partial charge in [-0.1, -0.05) is 30.3 Å². The Labute approximate surface area is 176 Å². The molecule has 3 rings (SSSR count). The minimum atomic E-state index is -0.444. The highest BCUT2D eigenvalue weighted by Crippen LogP contribution is 2.24. The van der Waals surface area contributed by atoms with Gasteiger partial charge in [0.1, 0.15) is 12.2 Å². The van der Waals surface area contributed by atoms with Gasteiger partial charge in [0.15, 0.2) is 0 Å². The van der Waals surface area contributed by atoms with Crippen LogP contribution in [-0.2, 0) is 17.8 Å². The van der Waals surface area contributed by atoms with E-state index >= 15 is 0 Å². The zero-order valence-corrected chi connectivity index (χ0v) is 17.5. The van der Waals surface area contributed by atoms with Crippen LogP contribution in [-0.4, -0.2) is 25.7 Å². The lowest BCUT2D eigenvalue weighted by Crippen LogP contribution is -2.25. The van der Waals surface area contributed by atoms with Gasteiger partial charge < -0.3 is 19.4 Å². The van der Waals surface area contributed by atoms with Gasteiger partial charge in [0.25, 0.3) is 0 Å². The summed E-state index contributed by atoms with van der Waals surface area (Å²) in [5, 5.41) is 3.68. The molecule has 1 amide bonds. The third kappa shape index (κ3) is 5.63. The summed E-state index contributed by atoms with van der Waals surface area (Å²) in [7, 11) is 0. The molecule has 0 atom stereocenters. The first-order chi connectivity index (χ1) is 14.6. The topological polar surface area (TPSA) is 71.8 Å². The van der Waals surface area contributed by atoms with Gasteiger partial charge in [0.05, 0.1) is 0 Å². The number of carbonyl (C=O) groups excluding carboxylic acids is 1. The molecule has 0 saturated heterocycles. The largest absolute Gasteiger partial charge is 0.445 e. The van der Waals surface area contributed by atoms with Gasteiger partial charge in [-0.2, -0.15) is 0 Å². The summed E-state index contributed by atoms with van der Waals surface area (Å²) in [5.74, 6) is 0. The quantitative estimate of drug-likeness (QED) is 0.417. The molecule has 3 aromatic rings. The SMILES string of the molecule is CCN(CC)c1ccc2c(CCCNC(=O)OCc3ccccc3)cc(=O)oc2c1. The van der Waals surface area contributed by atoms with Crippen LogP contribution < -0.4 is 15.8 Å². The number of hydrogen-bond acceptors (Lipinski definition) is 5. The number of hydrogen-bond donors (Lipinski definition) is 1. The van der Waals surface area contributed by atoms with E-state index in [1.54, 1.807) is 0 Å². The Morgan fingerprint density at radius 1 is 1.07 bits per heavy atom. The number of amides is 1. The molecule has 1 aromatic heterocycles. The van der Waals surface area contributed by atoms with E-state index in [0.717, 1.165) is 35.3 Å². The van der Waals surface area contributed by atoms with Crippen LogP contribution in [0.15, 0.2) is 63.8 Å². The minimum Gasteiger partial charge on any atom is -0.445 e. The molecule has 0 bridgehead atoms. The Morgan fingerprint density at radius 2 is 1.83 bits per heavy atom. The lowest BCUT2D eigenvalue weighted by molar-refractivity contribution is 0.139. The molecule has 2 aromatic carbocycles. The van der Waals surface area contributed by atoms with Crippen molar-refractivity contribution in [1.29, 1.82) is 0 Å². The molecule has 0 aliphatic heterocycles. The van der Waals surface area contributed by atoms with Crippen LogP contribution in [0, 0.1) is 0 Å². The molecule has 30 heavy (non-hydrogen) atoms. The molecule has 0 aliphatic rings. The second-order valence-electron chi connectivity index (χ2n) is 7.04. The number of nitrogens with zero attached hydrogens (tertiary/aromatic N) is 1. The molecule has 6 heteroatoms. The van der Waals surface area contributed by atoms with Gasteiger partial charge in [-0.15, -0.1) is 0 Å². The zero-order valence-electron chi connectivity index (χ0n) is 17.5. The number of ether oxygens (including phenoxy) is 1. The van der Waals surface area contributed by atoms with Crippen molar-refractivity contribution in [2.24, 2.45) is 0 Å². The lowest BCUT2D eigenvalue weighted by Gasteiger charge is -2.21. The van der Waals surface area contributed by atoms with Crippen LogP contribution in [0.5, 0.6) is 0 Å². The molecule has 0 spiro atoms. The highest BCUT2D eigenvalue weighted by molar-refractivity contribution is 5.83. The van der Waals surface area contributed by atoms with Crippen LogP contribution in [0.2, 0.25) is 0 Å². The smallest absolute Gasteiger partial charge is 0.407 e. The van der Waals surface area contributed by atoms with E-state index in [2.05, 4.69) is 30.1 Å². The Balaban J connectivity index is 1.56. The van der Waals surface area contributed by atoms with E-state index < -0.39 is 6.09 Å². The summed E-state index contributed by atoms with van der Waals surface area (Å²) in [4.78, 5) is 26.1. The fraction of sp³-hybridized carbons (Fsp3) is 0.333. The first kappa shape index (κ1) is 21.4. The highest BCUT2D eigenvalue weighted by atomic mass is 16.5.